The first-order valence-corrected chi connectivity index (χ1v) is 6.36. The molecule has 100 valence electrons. The van der Waals surface area contributed by atoms with Crippen LogP contribution in [-0.4, -0.2) is 37.5 Å². The molecule has 0 aliphatic rings. The predicted molar refractivity (Wildman–Crippen MR) is 68.7 cm³/mol. The molecule has 0 rings (SSSR count). The van der Waals surface area contributed by atoms with Gasteiger partial charge in [0.25, 0.3) is 0 Å². The van der Waals surface area contributed by atoms with E-state index < -0.39 is 0 Å². The van der Waals surface area contributed by atoms with Crippen molar-refractivity contribution in [3.8, 4) is 0 Å². The minimum atomic E-state index is -0.0193. The molecule has 17 heavy (non-hydrogen) atoms. The van der Waals surface area contributed by atoms with Crippen LogP contribution in [0.25, 0.3) is 0 Å². The van der Waals surface area contributed by atoms with Gasteiger partial charge in [-0.2, -0.15) is 0 Å². The van der Waals surface area contributed by atoms with E-state index in [1.807, 2.05) is 20.8 Å². The summed E-state index contributed by atoms with van der Waals surface area (Å²) in [6, 6.07) is 0.218. The molecule has 0 radical (unpaired) electrons. The van der Waals surface area contributed by atoms with Gasteiger partial charge in [-0.05, 0) is 19.8 Å². The van der Waals surface area contributed by atoms with Gasteiger partial charge in [0, 0.05) is 25.6 Å². The van der Waals surface area contributed by atoms with Gasteiger partial charge in [0.1, 0.15) is 0 Å². The summed E-state index contributed by atoms with van der Waals surface area (Å²) in [5.41, 5.74) is 0. The molecule has 5 heteroatoms. The first kappa shape index (κ1) is 15.9. The molecule has 0 fully saturated rings. The highest BCUT2D eigenvalue weighted by atomic mass is 16.2. The van der Waals surface area contributed by atoms with Gasteiger partial charge >= 0.3 is 0 Å². The summed E-state index contributed by atoms with van der Waals surface area (Å²) in [4.78, 5) is 22.6. The summed E-state index contributed by atoms with van der Waals surface area (Å²) >= 11 is 0. The third-order valence-electron chi connectivity index (χ3n) is 2.41. The molecule has 0 spiro atoms. The Balaban J connectivity index is 3.44. The van der Waals surface area contributed by atoms with Crippen LogP contribution >= 0.6 is 0 Å². The van der Waals surface area contributed by atoms with E-state index in [2.05, 4.69) is 16.0 Å². The fraction of sp³-hybridized carbons (Fsp3) is 0.833. The van der Waals surface area contributed by atoms with Gasteiger partial charge in [-0.25, -0.2) is 0 Å². The van der Waals surface area contributed by atoms with Crippen LogP contribution in [0.1, 0.15) is 40.0 Å². The molecule has 3 N–H and O–H groups in total. The molecule has 2 amide bonds. The van der Waals surface area contributed by atoms with Crippen molar-refractivity contribution in [2.75, 3.05) is 19.6 Å². The van der Waals surface area contributed by atoms with Crippen LogP contribution in [0.4, 0.5) is 0 Å². The highest BCUT2D eigenvalue weighted by Crippen LogP contribution is 1.88. The monoisotopic (exact) mass is 243 g/mol. The van der Waals surface area contributed by atoms with E-state index in [-0.39, 0.29) is 24.4 Å². The zero-order valence-corrected chi connectivity index (χ0v) is 11.1. The number of hydrogen-bond donors (Lipinski definition) is 3. The average Bonchev–Trinajstić information content (AvgIpc) is 2.31. The maximum atomic E-state index is 11.4. The smallest absolute Gasteiger partial charge is 0.233 e. The normalized spacial score (nSPS) is 11.9. The van der Waals surface area contributed by atoms with Crippen LogP contribution in [0.3, 0.4) is 0 Å². The lowest BCUT2D eigenvalue weighted by Gasteiger charge is -2.11. The largest absolute Gasteiger partial charge is 0.355 e. The minimum absolute atomic E-state index is 0.0193. The lowest BCUT2D eigenvalue weighted by atomic mass is 10.2. The van der Waals surface area contributed by atoms with Crippen molar-refractivity contribution in [2.24, 2.45) is 0 Å². The number of amides is 2. The van der Waals surface area contributed by atoms with Crippen molar-refractivity contribution in [1.29, 1.82) is 0 Å². The molecule has 0 aliphatic heterocycles. The van der Waals surface area contributed by atoms with Crippen molar-refractivity contribution >= 4 is 11.8 Å². The molecule has 0 heterocycles. The summed E-state index contributed by atoms with van der Waals surface area (Å²) in [6.45, 7) is 7.52. The molecular weight excluding hydrogens is 218 g/mol. The maximum Gasteiger partial charge on any atom is 0.233 e. The fourth-order valence-electron chi connectivity index (χ4n) is 1.18. The molecule has 0 saturated heterocycles. The second kappa shape index (κ2) is 10.1. The number of carbonyl (C=O) groups excluding carboxylic acids is 2. The number of rotatable bonds is 9. The Morgan fingerprint density at radius 1 is 1.12 bits per heavy atom. The Kier molecular flexibility index (Phi) is 9.43. The summed E-state index contributed by atoms with van der Waals surface area (Å²) in [7, 11) is 0. The Morgan fingerprint density at radius 3 is 2.41 bits per heavy atom. The number of nitrogens with one attached hydrogen (secondary N) is 3. The molecular formula is C12H25N3O2. The first-order valence-electron chi connectivity index (χ1n) is 6.36. The molecule has 0 aromatic carbocycles. The van der Waals surface area contributed by atoms with E-state index in [1.165, 1.54) is 0 Å². The van der Waals surface area contributed by atoms with Gasteiger partial charge < -0.3 is 16.0 Å². The van der Waals surface area contributed by atoms with Gasteiger partial charge in [0.05, 0.1) is 6.54 Å². The highest BCUT2D eigenvalue weighted by Gasteiger charge is 2.05. The Bertz CT molecular complexity index is 232. The van der Waals surface area contributed by atoms with Crippen molar-refractivity contribution in [3.63, 3.8) is 0 Å². The van der Waals surface area contributed by atoms with Crippen molar-refractivity contribution in [1.82, 2.24) is 16.0 Å². The number of carbonyl (C=O) groups is 2. The summed E-state index contributed by atoms with van der Waals surface area (Å²) in [5.74, 6) is 0.00926. The summed E-state index contributed by atoms with van der Waals surface area (Å²) in [6.07, 6.45) is 2.27. The van der Waals surface area contributed by atoms with Crippen molar-refractivity contribution in [2.45, 2.75) is 46.1 Å². The SMILES string of the molecule is CCCNC(=O)CNCCC(=O)NC(C)CC. The fourth-order valence-corrected chi connectivity index (χ4v) is 1.18. The molecule has 1 atom stereocenters. The van der Waals surface area contributed by atoms with Crippen molar-refractivity contribution < 1.29 is 9.59 Å². The Labute approximate surface area is 104 Å². The molecule has 5 nitrogen and oxygen atoms in total. The van der Waals surface area contributed by atoms with Gasteiger partial charge in [0.2, 0.25) is 11.8 Å². The van der Waals surface area contributed by atoms with E-state index in [0.29, 0.717) is 19.5 Å². The van der Waals surface area contributed by atoms with E-state index in [9.17, 15) is 9.59 Å². The Morgan fingerprint density at radius 2 is 1.82 bits per heavy atom. The topological polar surface area (TPSA) is 70.2 Å². The minimum Gasteiger partial charge on any atom is -0.355 e. The van der Waals surface area contributed by atoms with Gasteiger partial charge in [-0.3, -0.25) is 9.59 Å². The predicted octanol–water partition coefficient (Wildman–Crippen LogP) is 0.407. The average molecular weight is 243 g/mol. The second-order valence-corrected chi connectivity index (χ2v) is 4.15. The van der Waals surface area contributed by atoms with Gasteiger partial charge in [0.15, 0.2) is 0 Å². The van der Waals surface area contributed by atoms with Crippen LogP contribution in [0, 0.1) is 0 Å². The zero-order chi connectivity index (χ0) is 13.1. The van der Waals surface area contributed by atoms with Crippen molar-refractivity contribution in [3.05, 3.63) is 0 Å². The van der Waals surface area contributed by atoms with Crippen LogP contribution in [0.5, 0.6) is 0 Å². The summed E-state index contributed by atoms with van der Waals surface area (Å²) < 4.78 is 0. The van der Waals surface area contributed by atoms with E-state index in [4.69, 9.17) is 0 Å². The lowest BCUT2D eigenvalue weighted by Crippen LogP contribution is -2.37. The third kappa shape index (κ3) is 9.81. The van der Waals surface area contributed by atoms with Crippen LogP contribution in [-0.2, 0) is 9.59 Å². The molecule has 0 aliphatic carbocycles. The first-order chi connectivity index (χ1) is 8.10. The van der Waals surface area contributed by atoms with Crippen LogP contribution in [0.15, 0.2) is 0 Å². The van der Waals surface area contributed by atoms with Gasteiger partial charge in [-0.1, -0.05) is 13.8 Å². The van der Waals surface area contributed by atoms with E-state index in [1.54, 1.807) is 0 Å². The van der Waals surface area contributed by atoms with E-state index >= 15 is 0 Å². The summed E-state index contributed by atoms with van der Waals surface area (Å²) in [5, 5.41) is 8.58. The second-order valence-electron chi connectivity index (χ2n) is 4.15. The molecule has 0 aromatic rings. The van der Waals surface area contributed by atoms with Crippen LogP contribution < -0.4 is 16.0 Å². The Hall–Kier alpha value is -1.10. The highest BCUT2D eigenvalue weighted by molar-refractivity contribution is 5.78. The van der Waals surface area contributed by atoms with Crippen LogP contribution in [0.2, 0.25) is 0 Å². The van der Waals surface area contributed by atoms with E-state index in [0.717, 1.165) is 12.8 Å². The molecule has 0 saturated carbocycles. The number of hydrogen-bond acceptors (Lipinski definition) is 3. The quantitative estimate of drug-likeness (QED) is 0.514. The zero-order valence-electron chi connectivity index (χ0n) is 11.1. The molecule has 1 unspecified atom stereocenters. The maximum absolute atomic E-state index is 11.4. The van der Waals surface area contributed by atoms with Gasteiger partial charge in [-0.15, -0.1) is 0 Å². The molecule has 0 aromatic heterocycles. The standard InChI is InChI=1S/C12H25N3O2/c1-4-7-14-12(17)9-13-8-6-11(16)15-10(3)5-2/h10,13H,4-9H2,1-3H3,(H,14,17)(H,15,16). The third-order valence-corrected chi connectivity index (χ3v) is 2.41. The lowest BCUT2D eigenvalue weighted by molar-refractivity contribution is -0.122. The molecule has 0 bridgehead atoms.